The number of rotatable bonds is 3. The Bertz CT molecular complexity index is 824. The van der Waals surface area contributed by atoms with E-state index in [2.05, 4.69) is 0 Å². The number of aromatic nitrogens is 1. The zero-order valence-electron chi connectivity index (χ0n) is 11.9. The lowest BCUT2D eigenvalue weighted by Crippen LogP contribution is -2.25. The van der Waals surface area contributed by atoms with E-state index in [0.29, 0.717) is 36.6 Å². The largest absolute Gasteiger partial charge is 0.493 e. The van der Waals surface area contributed by atoms with Gasteiger partial charge in [0.25, 0.3) is 5.56 Å². The standard InChI is InChI=1S/C16H12F3NO3/c17-16(18,19)12-2-4-15(22)20(8-12)9-13(21)10-1-3-14-11(7-10)5-6-23-14/h1-4,7-8H,5-6,9H2. The number of nitrogens with zero attached hydrogens (tertiary/aromatic N) is 1. The first-order valence-corrected chi connectivity index (χ1v) is 6.91. The monoisotopic (exact) mass is 323 g/mol. The van der Waals surface area contributed by atoms with Crippen LogP contribution >= 0.6 is 0 Å². The Morgan fingerprint density at radius 2 is 2.00 bits per heavy atom. The number of hydrogen-bond donors (Lipinski definition) is 0. The molecule has 1 aliphatic rings. The molecule has 0 fully saturated rings. The number of benzene rings is 1. The fraction of sp³-hybridized carbons (Fsp3) is 0.250. The molecule has 2 aromatic rings. The molecule has 7 heteroatoms. The summed E-state index contributed by atoms with van der Waals surface area (Å²) in [5.41, 5.74) is -0.395. The first-order chi connectivity index (χ1) is 10.8. The normalized spacial score (nSPS) is 13.5. The highest BCUT2D eigenvalue weighted by atomic mass is 19.4. The highest BCUT2D eigenvalue weighted by Gasteiger charge is 2.31. The topological polar surface area (TPSA) is 48.3 Å². The van der Waals surface area contributed by atoms with E-state index in [1.165, 1.54) is 0 Å². The molecular weight excluding hydrogens is 311 g/mol. The Hall–Kier alpha value is -2.57. The fourth-order valence-electron chi connectivity index (χ4n) is 2.43. The molecule has 0 amide bonds. The van der Waals surface area contributed by atoms with E-state index in [1.807, 2.05) is 0 Å². The fourth-order valence-corrected chi connectivity index (χ4v) is 2.43. The number of halogens is 3. The average molecular weight is 323 g/mol. The van der Waals surface area contributed by atoms with Crippen LogP contribution in [0.4, 0.5) is 13.2 Å². The molecule has 1 aromatic heterocycles. The predicted octanol–water partition coefficient (Wildman–Crippen LogP) is 2.68. The molecule has 120 valence electrons. The number of ketones is 1. The maximum atomic E-state index is 12.7. The number of carbonyl (C=O) groups excluding carboxylic acids is 1. The second-order valence-electron chi connectivity index (χ2n) is 5.23. The third kappa shape index (κ3) is 3.13. The summed E-state index contributed by atoms with van der Waals surface area (Å²) >= 11 is 0. The van der Waals surface area contributed by atoms with E-state index in [0.717, 1.165) is 16.2 Å². The second kappa shape index (κ2) is 5.57. The molecule has 0 radical (unpaired) electrons. The van der Waals surface area contributed by atoms with Gasteiger partial charge in [0.1, 0.15) is 5.75 Å². The minimum absolute atomic E-state index is 0.346. The predicted molar refractivity (Wildman–Crippen MR) is 75.7 cm³/mol. The van der Waals surface area contributed by atoms with Crippen LogP contribution in [0, 0.1) is 0 Å². The lowest BCUT2D eigenvalue weighted by atomic mass is 10.1. The summed E-state index contributed by atoms with van der Waals surface area (Å²) in [7, 11) is 0. The van der Waals surface area contributed by atoms with E-state index in [9.17, 15) is 22.8 Å². The maximum Gasteiger partial charge on any atom is 0.417 e. The van der Waals surface area contributed by atoms with Crippen LogP contribution in [-0.2, 0) is 19.1 Å². The molecule has 2 heterocycles. The van der Waals surface area contributed by atoms with Gasteiger partial charge in [0.15, 0.2) is 5.78 Å². The summed E-state index contributed by atoms with van der Waals surface area (Å²) in [5, 5.41) is 0. The van der Waals surface area contributed by atoms with Gasteiger partial charge in [0.2, 0.25) is 0 Å². The van der Waals surface area contributed by atoms with Crippen molar-refractivity contribution in [2.75, 3.05) is 6.61 Å². The number of pyridine rings is 1. The molecule has 0 unspecified atom stereocenters. The van der Waals surface area contributed by atoms with Gasteiger partial charge in [-0.05, 0) is 29.8 Å². The van der Waals surface area contributed by atoms with Crippen molar-refractivity contribution in [1.29, 1.82) is 0 Å². The summed E-state index contributed by atoms with van der Waals surface area (Å²) in [5.74, 6) is 0.277. The SMILES string of the molecule is O=C(Cn1cc(C(F)(F)F)ccc1=O)c1ccc2c(c1)CCO2. The number of alkyl halides is 3. The molecule has 0 saturated carbocycles. The highest BCUT2D eigenvalue weighted by molar-refractivity contribution is 5.96. The molecule has 0 bridgehead atoms. The van der Waals surface area contributed by atoms with Gasteiger partial charge in [0, 0.05) is 24.2 Å². The molecule has 0 spiro atoms. The first kappa shape index (κ1) is 15.3. The number of carbonyl (C=O) groups is 1. The molecule has 3 rings (SSSR count). The summed E-state index contributed by atoms with van der Waals surface area (Å²) < 4.78 is 44.2. The van der Waals surface area contributed by atoms with Gasteiger partial charge in [-0.25, -0.2) is 0 Å². The van der Waals surface area contributed by atoms with Crippen molar-refractivity contribution >= 4 is 5.78 Å². The molecule has 1 aromatic carbocycles. The smallest absolute Gasteiger partial charge is 0.417 e. The quantitative estimate of drug-likeness (QED) is 0.816. The van der Waals surface area contributed by atoms with Gasteiger partial charge >= 0.3 is 6.18 Å². The number of ether oxygens (including phenoxy) is 1. The van der Waals surface area contributed by atoms with Gasteiger partial charge < -0.3 is 9.30 Å². The van der Waals surface area contributed by atoms with Crippen LogP contribution in [0.25, 0.3) is 0 Å². The number of Topliss-reactive ketones (excluding diaryl/α,β-unsaturated/α-hetero) is 1. The Morgan fingerprint density at radius 1 is 1.22 bits per heavy atom. The van der Waals surface area contributed by atoms with E-state index >= 15 is 0 Å². The van der Waals surface area contributed by atoms with Crippen LogP contribution in [0.3, 0.4) is 0 Å². The molecule has 0 N–H and O–H groups in total. The summed E-state index contributed by atoms with van der Waals surface area (Å²) in [6, 6.07) is 6.38. The van der Waals surface area contributed by atoms with Gasteiger partial charge in [-0.1, -0.05) is 0 Å². The van der Waals surface area contributed by atoms with Crippen LogP contribution in [0.15, 0.2) is 41.3 Å². The highest BCUT2D eigenvalue weighted by Crippen LogP contribution is 2.28. The lowest BCUT2D eigenvalue weighted by Gasteiger charge is -2.10. The Kier molecular flexibility index (Phi) is 3.71. The van der Waals surface area contributed by atoms with E-state index in [-0.39, 0.29) is 0 Å². The third-order valence-corrected chi connectivity index (χ3v) is 3.64. The van der Waals surface area contributed by atoms with Crippen molar-refractivity contribution in [2.24, 2.45) is 0 Å². The van der Waals surface area contributed by atoms with Crippen molar-refractivity contribution < 1.29 is 22.7 Å². The second-order valence-corrected chi connectivity index (χ2v) is 5.23. The van der Waals surface area contributed by atoms with Crippen LogP contribution in [0.2, 0.25) is 0 Å². The molecule has 4 nitrogen and oxygen atoms in total. The van der Waals surface area contributed by atoms with Crippen LogP contribution < -0.4 is 10.3 Å². The van der Waals surface area contributed by atoms with Crippen LogP contribution in [0.5, 0.6) is 5.75 Å². The number of hydrogen-bond acceptors (Lipinski definition) is 3. The average Bonchev–Trinajstić information content (AvgIpc) is 2.95. The summed E-state index contributed by atoms with van der Waals surface area (Å²) in [6.07, 6.45) is -3.22. The minimum atomic E-state index is -4.57. The molecule has 0 aliphatic carbocycles. The van der Waals surface area contributed by atoms with Gasteiger partial charge in [-0.3, -0.25) is 9.59 Å². The van der Waals surface area contributed by atoms with Gasteiger partial charge in [-0.15, -0.1) is 0 Å². The summed E-state index contributed by atoms with van der Waals surface area (Å²) in [6.45, 7) is 0.0997. The van der Waals surface area contributed by atoms with Crippen LogP contribution in [0.1, 0.15) is 21.5 Å². The van der Waals surface area contributed by atoms with Crippen molar-refractivity contribution in [3.63, 3.8) is 0 Å². The first-order valence-electron chi connectivity index (χ1n) is 6.91. The minimum Gasteiger partial charge on any atom is -0.493 e. The summed E-state index contributed by atoms with van der Waals surface area (Å²) in [4.78, 5) is 23.9. The van der Waals surface area contributed by atoms with Gasteiger partial charge in [-0.2, -0.15) is 13.2 Å². The van der Waals surface area contributed by atoms with Crippen molar-refractivity contribution in [3.8, 4) is 5.75 Å². The lowest BCUT2D eigenvalue weighted by molar-refractivity contribution is -0.138. The molecule has 1 aliphatic heterocycles. The molecule has 0 atom stereocenters. The Balaban J connectivity index is 1.87. The maximum absolute atomic E-state index is 12.7. The van der Waals surface area contributed by atoms with E-state index in [1.54, 1.807) is 18.2 Å². The zero-order chi connectivity index (χ0) is 16.6. The van der Waals surface area contributed by atoms with Crippen molar-refractivity contribution in [2.45, 2.75) is 19.1 Å². The van der Waals surface area contributed by atoms with E-state index < -0.39 is 29.6 Å². The van der Waals surface area contributed by atoms with E-state index in [4.69, 9.17) is 4.74 Å². The van der Waals surface area contributed by atoms with Crippen molar-refractivity contribution in [1.82, 2.24) is 4.57 Å². The Morgan fingerprint density at radius 3 is 2.74 bits per heavy atom. The Labute approximate surface area is 129 Å². The molecular formula is C16H12F3NO3. The van der Waals surface area contributed by atoms with Crippen LogP contribution in [-0.4, -0.2) is 17.0 Å². The number of fused-ring (bicyclic) bond motifs is 1. The molecule has 23 heavy (non-hydrogen) atoms. The van der Waals surface area contributed by atoms with Crippen molar-refractivity contribution in [3.05, 3.63) is 63.6 Å². The van der Waals surface area contributed by atoms with Gasteiger partial charge in [0.05, 0.1) is 18.7 Å². The third-order valence-electron chi connectivity index (χ3n) is 3.64. The zero-order valence-corrected chi connectivity index (χ0v) is 11.9. The molecule has 0 saturated heterocycles.